The number of hydrogen-bond donors (Lipinski definition) is 1. The normalized spacial score (nSPS) is 14.8. The average molecular weight is 282 g/mol. The molecule has 2 rings (SSSR count). The lowest BCUT2D eigenvalue weighted by molar-refractivity contribution is -0.142. The third kappa shape index (κ3) is 4.57. The summed E-state index contributed by atoms with van der Waals surface area (Å²) in [6.45, 7) is 5.77. The van der Waals surface area contributed by atoms with Crippen LogP contribution in [0.3, 0.4) is 0 Å². The SMILES string of the molecule is CCOC(OCC)c1cn(CC(=O)NCC2CC2)nn1. The average Bonchev–Trinajstić information content (AvgIpc) is 3.15. The standard InChI is InChI=1S/C13H22N4O3/c1-3-19-13(20-4-2)11-8-17(16-15-11)9-12(18)14-7-10-5-6-10/h8,10,13H,3-7,9H2,1-2H3,(H,14,18). The molecule has 1 aliphatic carbocycles. The summed E-state index contributed by atoms with van der Waals surface area (Å²) in [6, 6.07) is 0. The van der Waals surface area contributed by atoms with Gasteiger partial charge in [0.25, 0.3) is 0 Å². The number of amides is 1. The first-order valence-electron chi connectivity index (χ1n) is 7.12. The predicted molar refractivity (Wildman–Crippen MR) is 71.7 cm³/mol. The van der Waals surface area contributed by atoms with E-state index >= 15 is 0 Å². The molecule has 0 saturated heterocycles. The van der Waals surface area contributed by atoms with E-state index in [1.165, 1.54) is 17.5 Å². The molecule has 1 aromatic rings. The van der Waals surface area contributed by atoms with Gasteiger partial charge in [-0.05, 0) is 32.6 Å². The zero-order valence-electron chi connectivity index (χ0n) is 12.0. The summed E-state index contributed by atoms with van der Waals surface area (Å²) >= 11 is 0. The van der Waals surface area contributed by atoms with Gasteiger partial charge in [-0.15, -0.1) is 5.10 Å². The van der Waals surface area contributed by atoms with Crippen molar-refractivity contribution in [2.24, 2.45) is 5.92 Å². The van der Waals surface area contributed by atoms with Crippen molar-refractivity contribution in [3.8, 4) is 0 Å². The minimum absolute atomic E-state index is 0.0438. The van der Waals surface area contributed by atoms with Crippen molar-refractivity contribution in [3.05, 3.63) is 11.9 Å². The van der Waals surface area contributed by atoms with Gasteiger partial charge in [-0.1, -0.05) is 5.21 Å². The number of nitrogens with one attached hydrogen (secondary N) is 1. The molecule has 1 aliphatic rings. The number of rotatable bonds is 9. The molecule has 1 N–H and O–H groups in total. The second-order valence-corrected chi connectivity index (χ2v) is 4.83. The highest BCUT2D eigenvalue weighted by Gasteiger charge is 2.22. The maximum Gasteiger partial charge on any atom is 0.241 e. The van der Waals surface area contributed by atoms with E-state index in [4.69, 9.17) is 9.47 Å². The molecule has 1 amide bonds. The zero-order chi connectivity index (χ0) is 14.4. The zero-order valence-corrected chi connectivity index (χ0v) is 12.0. The number of hydrogen-bond acceptors (Lipinski definition) is 5. The van der Waals surface area contributed by atoms with Gasteiger partial charge >= 0.3 is 0 Å². The van der Waals surface area contributed by atoms with E-state index in [2.05, 4.69) is 15.6 Å². The van der Waals surface area contributed by atoms with Gasteiger partial charge < -0.3 is 14.8 Å². The van der Waals surface area contributed by atoms with E-state index in [-0.39, 0.29) is 12.5 Å². The molecule has 0 unspecified atom stereocenters. The topological polar surface area (TPSA) is 78.3 Å². The van der Waals surface area contributed by atoms with E-state index in [1.54, 1.807) is 6.20 Å². The maximum absolute atomic E-state index is 11.7. The molecule has 7 nitrogen and oxygen atoms in total. The molecule has 1 fully saturated rings. The summed E-state index contributed by atoms with van der Waals surface area (Å²) in [4.78, 5) is 11.7. The fourth-order valence-electron chi connectivity index (χ4n) is 1.80. The number of carbonyl (C=O) groups excluding carboxylic acids is 1. The lowest BCUT2D eigenvalue weighted by Gasteiger charge is -2.13. The van der Waals surface area contributed by atoms with Crippen molar-refractivity contribution < 1.29 is 14.3 Å². The Morgan fingerprint density at radius 2 is 2.15 bits per heavy atom. The first-order valence-corrected chi connectivity index (χ1v) is 7.12. The van der Waals surface area contributed by atoms with Crippen LogP contribution < -0.4 is 5.32 Å². The van der Waals surface area contributed by atoms with E-state index in [0.717, 1.165) is 6.54 Å². The Bertz CT molecular complexity index is 425. The summed E-state index contributed by atoms with van der Waals surface area (Å²) in [5.41, 5.74) is 0.587. The summed E-state index contributed by atoms with van der Waals surface area (Å²) in [5, 5.41) is 10.8. The van der Waals surface area contributed by atoms with Crippen molar-refractivity contribution >= 4 is 5.91 Å². The molecule has 0 bridgehead atoms. The largest absolute Gasteiger partial charge is 0.354 e. The monoisotopic (exact) mass is 282 g/mol. The van der Waals surface area contributed by atoms with E-state index in [0.29, 0.717) is 24.8 Å². The van der Waals surface area contributed by atoms with Crippen molar-refractivity contribution in [2.75, 3.05) is 19.8 Å². The molecule has 112 valence electrons. The second-order valence-electron chi connectivity index (χ2n) is 4.83. The Kier molecular flexibility index (Phi) is 5.49. The van der Waals surface area contributed by atoms with Crippen LogP contribution in [0.15, 0.2) is 6.20 Å². The van der Waals surface area contributed by atoms with Gasteiger partial charge in [0.1, 0.15) is 12.2 Å². The first-order chi connectivity index (χ1) is 9.72. The van der Waals surface area contributed by atoms with Crippen LogP contribution in [0.2, 0.25) is 0 Å². The third-order valence-corrected chi connectivity index (χ3v) is 3.02. The fourth-order valence-corrected chi connectivity index (χ4v) is 1.80. The molecule has 20 heavy (non-hydrogen) atoms. The van der Waals surface area contributed by atoms with Crippen LogP contribution >= 0.6 is 0 Å². The molecule has 1 saturated carbocycles. The maximum atomic E-state index is 11.7. The lowest BCUT2D eigenvalue weighted by Crippen LogP contribution is -2.29. The van der Waals surface area contributed by atoms with Gasteiger partial charge in [0.15, 0.2) is 0 Å². The third-order valence-electron chi connectivity index (χ3n) is 3.02. The van der Waals surface area contributed by atoms with Crippen LogP contribution in [0, 0.1) is 5.92 Å². The van der Waals surface area contributed by atoms with Gasteiger partial charge in [0.2, 0.25) is 12.2 Å². The molecule has 0 spiro atoms. The first kappa shape index (κ1) is 14.9. The van der Waals surface area contributed by atoms with E-state index in [9.17, 15) is 4.79 Å². The van der Waals surface area contributed by atoms with Gasteiger partial charge in [-0.25, -0.2) is 4.68 Å². The molecular formula is C13H22N4O3. The van der Waals surface area contributed by atoms with Crippen LogP contribution in [0.5, 0.6) is 0 Å². The smallest absolute Gasteiger partial charge is 0.241 e. The Labute approximate surface area is 118 Å². The number of aromatic nitrogens is 3. The lowest BCUT2D eigenvalue weighted by atomic mass is 10.4. The van der Waals surface area contributed by atoms with Crippen LogP contribution in [0.4, 0.5) is 0 Å². The Morgan fingerprint density at radius 1 is 1.45 bits per heavy atom. The van der Waals surface area contributed by atoms with E-state index in [1.807, 2.05) is 13.8 Å². The van der Waals surface area contributed by atoms with Gasteiger partial charge in [-0.3, -0.25) is 4.79 Å². The van der Waals surface area contributed by atoms with Crippen LogP contribution in [0.25, 0.3) is 0 Å². The fraction of sp³-hybridized carbons (Fsp3) is 0.769. The summed E-state index contributed by atoms with van der Waals surface area (Å²) in [7, 11) is 0. The Morgan fingerprint density at radius 3 is 2.75 bits per heavy atom. The number of nitrogens with zero attached hydrogens (tertiary/aromatic N) is 3. The quantitative estimate of drug-likeness (QED) is 0.680. The summed E-state index contributed by atoms with van der Waals surface area (Å²) in [6.07, 6.45) is 3.61. The minimum Gasteiger partial charge on any atom is -0.354 e. The molecule has 0 aliphatic heterocycles. The van der Waals surface area contributed by atoms with Gasteiger partial charge in [0, 0.05) is 19.8 Å². The van der Waals surface area contributed by atoms with Crippen LogP contribution in [0.1, 0.15) is 38.7 Å². The van der Waals surface area contributed by atoms with Gasteiger partial charge in [-0.2, -0.15) is 0 Å². The van der Waals surface area contributed by atoms with Crippen LogP contribution in [-0.2, 0) is 20.8 Å². The van der Waals surface area contributed by atoms with E-state index < -0.39 is 6.29 Å². The molecule has 7 heteroatoms. The van der Waals surface area contributed by atoms with Gasteiger partial charge in [0.05, 0.1) is 6.20 Å². The number of carbonyl (C=O) groups is 1. The van der Waals surface area contributed by atoms with Crippen molar-refractivity contribution in [3.63, 3.8) is 0 Å². The second kappa shape index (κ2) is 7.35. The van der Waals surface area contributed by atoms with Crippen molar-refractivity contribution in [1.29, 1.82) is 0 Å². The molecule has 1 aromatic heterocycles. The predicted octanol–water partition coefficient (Wildman–Crippen LogP) is 0.876. The molecule has 0 atom stereocenters. The van der Waals surface area contributed by atoms with Crippen molar-refractivity contribution in [1.82, 2.24) is 20.3 Å². The van der Waals surface area contributed by atoms with Crippen LogP contribution in [-0.4, -0.2) is 40.7 Å². The Hall–Kier alpha value is -1.47. The molecule has 0 radical (unpaired) electrons. The van der Waals surface area contributed by atoms with Crippen molar-refractivity contribution in [2.45, 2.75) is 39.5 Å². The number of ether oxygens (including phenoxy) is 2. The summed E-state index contributed by atoms with van der Waals surface area (Å²) < 4.78 is 12.4. The molecular weight excluding hydrogens is 260 g/mol. The summed E-state index contributed by atoms with van der Waals surface area (Å²) in [5.74, 6) is 0.628. The minimum atomic E-state index is -0.520. The highest BCUT2D eigenvalue weighted by molar-refractivity contribution is 5.75. The molecule has 1 heterocycles. The highest BCUT2D eigenvalue weighted by atomic mass is 16.7. The molecule has 0 aromatic carbocycles. The Balaban J connectivity index is 1.84. The highest BCUT2D eigenvalue weighted by Crippen LogP contribution is 2.27.